The number of nitrogens with zero attached hydrogens (tertiary/aromatic N) is 3. The fourth-order valence-electron chi connectivity index (χ4n) is 2.42. The van der Waals surface area contributed by atoms with Crippen LogP contribution >= 0.6 is 11.6 Å². The first-order valence-electron chi connectivity index (χ1n) is 7.41. The van der Waals surface area contributed by atoms with Crippen LogP contribution in [-0.2, 0) is 14.8 Å². The average molecular weight is 369 g/mol. The number of hydrogen-bond acceptors (Lipinski definition) is 6. The Morgan fingerprint density at radius 3 is 2.71 bits per heavy atom. The van der Waals surface area contributed by atoms with E-state index in [2.05, 4.69) is 14.7 Å². The number of morpholine rings is 1. The van der Waals surface area contributed by atoms with Crippen molar-refractivity contribution in [2.75, 3.05) is 35.9 Å². The third-order valence-corrected chi connectivity index (χ3v) is 5.38. The third kappa shape index (κ3) is 3.61. The molecule has 0 aromatic carbocycles. The Morgan fingerprint density at radius 1 is 1.25 bits per heavy atom. The molecule has 2 aromatic rings. The zero-order valence-corrected chi connectivity index (χ0v) is 14.6. The molecule has 2 aromatic heterocycles. The fourth-order valence-corrected chi connectivity index (χ4v) is 3.99. The highest BCUT2D eigenvalue weighted by atomic mass is 35.5. The van der Waals surface area contributed by atoms with Gasteiger partial charge in [-0.15, -0.1) is 0 Å². The molecule has 1 aliphatic heterocycles. The molecule has 1 aliphatic rings. The van der Waals surface area contributed by atoms with Crippen molar-refractivity contribution in [3.8, 4) is 0 Å². The van der Waals surface area contributed by atoms with Crippen LogP contribution in [0.25, 0.3) is 0 Å². The van der Waals surface area contributed by atoms with E-state index in [1.54, 1.807) is 31.3 Å². The minimum absolute atomic E-state index is 0.0562. The SMILES string of the molecule is Cc1ccc(S(=O)(=O)Nc2cccnc2N2CCOCC2)c(Cl)n1. The van der Waals surface area contributed by atoms with Crippen molar-refractivity contribution in [3.63, 3.8) is 0 Å². The molecule has 3 rings (SSSR count). The van der Waals surface area contributed by atoms with Gasteiger partial charge in [-0.25, -0.2) is 18.4 Å². The Morgan fingerprint density at radius 2 is 2.00 bits per heavy atom. The van der Waals surface area contributed by atoms with Crippen molar-refractivity contribution in [1.82, 2.24) is 9.97 Å². The molecule has 1 N–H and O–H groups in total. The minimum atomic E-state index is -3.86. The van der Waals surface area contributed by atoms with Gasteiger partial charge in [0, 0.05) is 25.0 Å². The van der Waals surface area contributed by atoms with Gasteiger partial charge in [0.25, 0.3) is 10.0 Å². The molecule has 0 spiro atoms. The minimum Gasteiger partial charge on any atom is -0.378 e. The molecule has 0 unspecified atom stereocenters. The quantitative estimate of drug-likeness (QED) is 0.832. The van der Waals surface area contributed by atoms with Gasteiger partial charge in [-0.1, -0.05) is 11.6 Å². The van der Waals surface area contributed by atoms with Crippen LogP contribution in [0.15, 0.2) is 35.4 Å². The summed E-state index contributed by atoms with van der Waals surface area (Å²) in [5.74, 6) is 0.570. The lowest BCUT2D eigenvalue weighted by Gasteiger charge is -2.29. The van der Waals surface area contributed by atoms with E-state index in [9.17, 15) is 8.42 Å². The second-order valence-electron chi connectivity index (χ2n) is 5.32. The van der Waals surface area contributed by atoms with E-state index in [-0.39, 0.29) is 10.0 Å². The smallest absolute Gasteiger partial charge is 0.265 e. The molecule has 128 valence electrons. The van der Waals surface area contributed by atoms with Crippen molar-refractivity contribution in [2.24, 2.45) is 0 Å². The van der Waals surface area contributed by atoms with Gasteiger partial charge in [0.05, 0.1) is 18.9 Å². The Balaban J connectivity index is 1.93. The van der Waals surface area contributed by atoms with Crippen LogP contribution < -0.4 is 9.62 Å². The van der Waals surface area contributed by atoms with E-state index in [1.165, 1.54) is 6.07 Å². The summed E-state index contributed by atoms with van der Waals surface area (Å²) in [6, 6.07) is 6.39. The fraction of sp³-hybridized carbons (Fsp3) is 0.333. The number of hydrogen-bond donors (Lipinski definition) is 1. The van der Waals surface area contributed by atoms with Crippen molar-refractivity contribution >= 4 is 33.1 Å². The summed E-state index contributed by atoms with van der Waals surface area (Å²) in [4.78, 5) is 10.2. The van der Waals surface area contributed by atoms with Gasteiger partial charge in [-0.3, -0.25) is 4.72 Å². The first-order valence-corrected chi connectivity index (χ1v) is 9.27. The van der Waals surface area contributed by atoms with E-state index in [0.717, 1.165) is 0 Å². The van der Waals surface area contributed by atoms with Gasteiger partial charge >= 0.3 is 0 Å². The summed E-state index contributed by atoms with van der Waals surface area (Å²) in [5, 5.41) is -0.0562. The Labute approximate surface area is 145 Å². The normalized spacial score (nSPS) is 15.3. The number of pyridine rings is 2. The van der Waals surface area contributed by atoms with Crippen molar-refractivity contribution in [2.45, 2.75) is 11.8 Å². The highest BCUT2D eigenvalue weighted by molar-refractivity contribution is 7.92. The number of aromatic nitrogens is 2. The first kappa shape index (κ1) is 16.9. The van der Waals surface area contributed by atoms with Crippen LogP contribution in [0.4, 0.5) is 11.5 Å². The lowest BCUT2D eigenvalue weighted by atomic mass is 10.3. The summed E-state index contributed by atoms with van der Waals surface area (Å²) in [6.45, 7) is 4.21. The molecule has 1 saturated heterocycles. The summed E-state index contributed by atoms with van der Waals surface area (Å²) >= 11 is 6.00. The molecule has 0 amide bonds. The first-order chi connectivity index (χ1) is 11.5. The summed E-state index contributed by atoms with van der Waals surface area (Å²) in [6.07, 6.45) is 1.63. The molecule has 0 atom stereocenters. The Bertz CT molecular complexity index is 838. The maximum absolute atomic E-state index is 12.7. The molecule has 24 heavy (non-hydrogen) atoms. The highest BCUT2D eigenvalue weighted by Crippen LogP contribution is 2.28. The van der Waals surface area contributed by atoms with Gasteiger partial charge in [-0.2, -0.15) is 0 Å². The molecule has 0 radical (unpaired) electrons. The summed E-state index contributed by atoms with van der Waals surface area (Å²) in [5.41, 5.74) is 1.05. The lowest BCUT2D eigenvalue weighted by molar-refractivity contribution is 0.122. The van der Waals surface area contributed by atoms with Crippen LogP contribution in [0.1, 0.15) is 5.69 Å². The molecule has 7 nitrogen and oxygen atoms in total. The molecule has 9 heteroatoms. The topological polar surface area (TPSA) is 84.4 Å². The lowest BCUT2D eigenvalue weighted by Crippen LogP contribution is -2.37. The predicted octanol–water partition coefficient (Wildman–Crippen LogP) is 2.08. The number of sulfonamides is 1. The number of aryl methyl sites for hydroxylation is 1. The van der Waals surface area contributed by atoms with E-state index in [4.69, 9.17) is 16.3 Å². The number of nitrogens with one attached hydrogen (secondary N) is 1. The largest absolute Gasteiger partial charge is 0.378 e. The van der Waals surface area contributed by atoms with Crippen LogP contribution in [0, 0.1) is 6.92 Å². The van der Waals surface area contributed by atoms with Crippen molar-refractivity contribution in [1.29, 1.82) is 0 Å². The molecule has 0 aliphatic carbocycles. The molecule has 0 saturated carbocycles. The average Bonchev–Trinajstić information content (AvgIpc) is 2.55. The van der Waals surface area contributed by atoms with E-state index < -0.39 is 10.0 Å². The molecule has 1 fully saturated rings. The van der Waals surface area contributed by atoms with Gasteiger partial charge in [0.2, 0.25) is 0 Å². The maximum atomic E-state index is 12.7. The molecular weight excluding hydrogens is 352 g/mol. The second kappa shape index (κ2) is 6.92. The van der Waals surface area contributed by atoms with Crippen LogP contribution in [0.5, 0.6) is 0 Å². The number of rotatable bonds is 4. The van der Waals surface area contributed by atoms with E-state index in [1.807, 2.05) is 4.90 Å². The monoisotopic (exact) mass is 368 g/mol. The van der Waals surface area contributed by atoms with Gasteiger partial charge in [0.15, 0.2) is 5.82 Å². The van der Waals surface area contributed by atoms with E-state index >= 15 is 0 Å². The van der Waals surface area contributed by atoms with E-state index in [0.29, 0.717) is 43.5 Å². The second-order valence-corrected chi connectivity index (χ2v) is 7.33. The van der Waals surface area contributed by atoms with Gasteiger partial charge < -0.3 is 9.64 Å². The molecular formula is C15H17ClN4O3S. The molecule has 3 heterocycles. The summed E-state index contributed by atoms with van der Waals surface area (Å²) < 4.78 is 33.2. The standard InChI is InChI=1S/C15H17ClN4O3S/c1-11-4-5-13(14(16)18-11)24(21,22)19-12-3-2-6-17-15(12)20-7-9-23-10-8-20/h2-6,19H,7-10H2,1H3. The Hall–Kier alpha value is -1.90. The Kier molecular flexibility index (Phi) is 4.88. The van der Waals surface area contributed by atoms with Gasteiger partial charge in [-0.05, 0) is 31.2 Å². The van der Waals surface area contributed by atoms with Crippen molar-refractivity contribution < 1.29 is 13.2 Å². The number of halogens is 1. The predicted molar refractivity (Wildman–Crippen MR) is 92.1 cm³/mol. The van der Waals surface area contributed by atoms with Gasteiger partial charge in [0.1, 0.15) is 10.0 Å². The highest BCUT2D eigenvalue weighted by Gasteiger charge is 2.23. The van der Waals surface area contributed by atoms with Crippen LogP contribution in [0.2, 0.25) is 5.15 Å². The maximum Gasteiger partial charge on any atom is 0.265 e. The van der Waals surface area contributed by atoms with Crippen LogP contribution in [-0.4, -0.2) is 44.7 Å². The van der Waals surface area contributed by atoms with Crippen LogP contribution in [0.3, 0.4) is 0 Å². The number of anilines is 2. The van der Waals surface area contributed by atoms with Crippen molar-refractivity contribution in [3.05, 3.63) is 41.3 Å². The third-order valence-electron chi connectivity index (χ3n) is 3.58. The zero-order chi connectivity index (χ0) is 17.2. The number of ether oxygens (including phenoxy) is 1. The molecule has 0 bridgehead atoms. The zero-order valence-electron chi connectivity index (χ0n) is 13.1. The summed E-state index contributed by atoms with van der Waals surface area (Å²) in [7, 11) is -3.86.